The van der Waals surface area contributed by atoms with E-state index >= 15 is 0 Å². The van der Waals surface area contributed by atoms with Gasteiger partial charge >= 0.3 is 0 Å². The van der Waals surface area contributed by atoms with Crippen molar-refractivity contribution in [2.24, 2.45) is 17.3 Å². The van der Waals surface area contributed by atoms with Crippen LogP contribution in [0, 0.1) is 17.3 Å². The van der Waals surface area contributed by atoms with Crippen LogP contribution in [-0.2, 0) is 0 Å². The first-order valence-electron chi connectivity index (χ1n) is 7.20. The lowest BCUT2D eigenvalue weighted by Crippen LogP contribution is -2.58. The van der Waals surface area contributed by atoms with E-state index in [0.717, 1.165) is 19.3 Å². The Bertz CT molecular complexity index is 318. The van der Waals surface area contributed by atoms with Gasteiger partial charge in [0.15, 0.2) is 0 Å². The molecule has 5 unspecified atom stereocenters. The van der Waals surface area contributed by atoms with Crippen molar-refractivity contribution >= 4 is 0 Å². The standard InChI is InChI=1S/C15H28O3/c1-13(2,17)10-5-7-14(3)11(9-10)15(4,18)8-6-12(14)16/h10-12,16-18H,5-9H2,1-4H3. The molecule has 2 aliphatic rings. The Morgan fingerprint density at radius 1 is 1.11 bits per heavy atom. The fourth-order valence-corrected chi connectivity index (χ4v) is 4.27. The average molecular weight is 256 g/mol. The zero-order chi connectivity index (χ0) is 13.8. The molecular formula is C15H28O3. The predicted octanol–water partition coefficient (Wildman–Crippen LogP) is 2.09. The second kappa shape index (κ2) is 4.19. The molecule has 0 aromatic heterocycles. The van der Waals surface area contributed by atoms with Crippen LogP contribution in [0.1, 0.15) is 59.8 Å². The number of rotatable bonds is 1. The van der Waals surface area contributed by atoms with Gasteiger partial charge in [-0.15, -0.1) is 0 Å². The molecule has 0 spiro atoms. The Labute approximate surface area is 110 Å². The molecule has 2 fully saturated rings. The third-order valence-electron chi connectivity index (χ3n) is 5.78. The lowest BCUT2D eigenvalue weighted by molar-refractivity contribution is -0.186. The van der Waals surface area contributed by atoms with Crippen molar-refractivity contribution in [2.75, 3.05) is 0 Å². The highest BCUT2D eigenvalue weighted by Gasteiger charge is 2.56. The summed E-state index contributed by atoms with van der Waals surface area (Å²) in [6, 6.07) is 0. The number of aliphatic hydroxyl groups excluding tert-OH is 1. The normalized spacial score (nSPS) is 49.8. The molecule has 0 amide bonds. The zero-order valence-electron chi connectivity index (χ0n) is 12.1. The Morgan fingerprint density at radius 2 is 1.72 bits per heavy atom. The zero-order valence-corrected chi connectivity index (χ0v) is 12.1. The molecule has 3 N–H and O–H groups in total. The molecular weight excluding hydrogens is 228 g/mol. The largest absolute Gasteiger partial charge is 0.393 e. The molecule has 0 bridgehead atoms. The van der Waals surface area contributed by atoms with Crippen molar-refractivity contribution in [3.63, 3.8) is 0 Å². The monoisotopic (exact) mass is 256 g/mol. The van der Waals surface area contributed by atoms with Crippen molar-refractivity contribution in [3.8, 4) is 0 Å². The average Bonchev–Trinajstić information content (AvgIpc) is 2.23. The van der Waals surface area contributed by atoms with Crippen LogP contribution in [0.3, 0.4) is 0 Å². The quantitative estimate of drug-likeness (QED) is 0.673. The first kappa shape index (κ1) is 14.3. The molecule has 2 rings (SSSR count). The van der Waals surface area contributed by atoms with Gasteiger partial charge in [-0.2, -0.15) is 0 Å². The van der Waals surface area contributed by atoms with Gasteiger partial charge in [-0.3, -0.25) is 0 Å². The van der Waals surface area contributed by atoms with E-state index in [1.54, 1.807) is 0 Å². The summed E-state index contributed by atoms with van der Waals surface area (Å²) in [5.74, 6) is 0.297. The van der Waals surface area contributed by atoms with Crippen molar-refractivity contribution < 1.29 is 15.3 Å². The summed E-state index contributed by atoms with van der Waals surface area (Å²) in [6.45, 7) is 7.72. The van der Waals surface area contributed by atoms with Crippen LogP contribution in [-0.4, -0.2) is 32.6 Å². The lowest BCUT2D eigenvalue weighted by atomic mass is 9.51. The van der Waals surface area contributed by atoms with E-state index < -0.39 is 11.2 Å². The van der Waals surface area contributed by atoms with Gasteiger partial charge in [0.05, 0.1) is 17.3 Å². The second-order valence-electron chi connectivity index (χ2n) is 7.60. The summed E-state index contributed by atoms with van der Waals surface area (Å²) in [6.07, 6.45) is 3.67. The molecule has 0 radical (unpaired) electrons. The van der Waals surface area contributed by atoms with Gasteiger partial charge in [0.25, 0.3) is 0 Å². The van der Waals surface area contributed by atoms with Crippen molar-refractivity contribution in [1.29, 1.82) is 0 Å². The van der Waals surface area contributed by atoms with Gasteiger partial charge in [0, 0.05) is 0 Å². The molecule has 5 atom stereocenters. The Balaban J connectivity index is 2.26. The maximum absolute atomic E-state index is 10.6. The maximum atomic E-state index is 10.6. The summed E-state index contributed by atoms with van der Waals surface area (Å²) in [5, 5.41) is 31.2. The van der Waals surface area contributed by atoms with E-state index in [1.807, 2.05) is 20.8 Å². The van der Waals surface area contributed by atoms with Gasteiger partial charge in [-0.25, -0.2) is 0 Å². The smallest absolute Gasteiger partial charge is 0.0655 e. The molecule has 0 saturated heterocycles. The Hall–Kier alpha value is -0.120. The predicted molar refractivity (Wildman–Crippen MR) is 71.1 cm³/mol. The SMILES string of the molecule is CC(C)(O)C1CCC2(C)C(O)CCC(C)(O)C2C1. The third-order valence-corrected chi connectivity index (χ3v) is 5.78. The van der Waals surface area contributed by atoms with Crippen LogP contribution >= 0.6 is 0 Å². The number of hydrogen-bond acceptors (Lipinski definition) is 3. The highest BCUT2D eigenvalue weighted by Crippen LogP contribution is 2.56. The maximum Gasteiger partial charge on any atom is 0.0655 e. The van der Waals surface area contributed by atoms with Gasteiger partial charge in [-0.05, 0) is 70.1 Å². The first-order chi connectivity index (χ1) is 8.07. The molecule has 3 nitrogen and oxygen atoms in total. The van der Waals surface area contributed by atoms with Gasteiger partial charge in [0.2, 0.25) is 0 Å². The highest BCUT2D eigenvalue weighted by molar-refractivity contribution is 5.06. The summed E-state index contributed by atoms with van der Waals surface area (Å²) >= 11 is 0. The molecule has 3 heteroatoms. The molecule has 0 heterocycles. The van der Waals surface area contributed by atoms with E-state index in [2.05, 4.69) is 6.92 Å². The minimum atomic E-state index is -0.710. The summed E-state index contributed by atoms with van der Waals surface area (Å²) in [5.41, 5.74) is -1.60. The van der Waals surface area contributed by atoms with Crippen LogP contribution < -0.4 is 0 Å². The third kappa shape index (κ3) is 2.21. The summed E-state index contributed by atoms with van der Waals surface area (Å²) in [4.78, 5) is 0. The Kier molecular flexibility index (Phi) is 3.33. The second-order valence-corrected chi connectivity index (χ2v) is 7.60. The van der Waals surface area contributed by atoms with Crippen LogP contribution in [0.5, 0.6) is 0 Å². The molecule has 106 valence electrons. The fraction of sp³-hybridized carbons (Fsp3) is 1.00. The van der Waals surface area contributed by atoms with E-state index in [9.17, 15) is 15.3 Å². The van der Waals surface area contributed by atoms with E-state index in [-0.39, 0.29) is 23.4 Å². The minimum absolute atomic E-state index is 0.0823. The highest BCUT2D eigenvalue weighted by atomic mass is 16.3. The first-order valence-corrected chi connectivity index (χ1v) is 7.20. The molecule has 0 aromatic carbocycles. The number of hydrogen-bond donors (Lipinski definition) is 3. The molecule has 0 aliphatic heterocycles. The van der Waals surface area contributed by atoms with Crippen molar-refractivity contribution in [2.45, 2.75) is 77.1 Å². The van der Waals surface area contributed by atoms with E-state index in [0.29, 0.717) is 12.8 Å². The van der Waals surface area contributed by atoms with Crippen molar-refractivity contribution in [1.82, 2.24) is 0 Å². The van der Waals surface area contributed by atoms with Gasteiger partial charge < -0.3 is 15.3 Å². The summed E-state index contributed by atoms with van der Waals surface area (Å²) in [7, 11) is 0. The van der Waals surface area contributed by atoms with E-state index in [1.165, 1.54) is 0 Å². The molecule has 0 aromatic rings. The topological polar surface area (TPSA) is 60.7 Å². The fourth-order valence-electron chi connectivity index (χ4n) is 4.27. The molecule has 2 saturated carbocycles. The summed E-state index contributed by atoms with van der Waals surface area (Å²) < 4.78 is 0. The molecule has 2 aliphatic carbocycles. The van der Waals surface area contributed by atoms with Crippen LogP contribution in [0.4, 0.5) is 0 Å². The Morgan fingerprint density at radius 3 is 2.28 bits per heavy atom. The number of aliphatic hydroxyl groups is 3. The van der Waals surface area contributed by atoms with Crippen LogP contribution in [0.15, 0.2) is 0 Å². The van der Waals surface area contributed by atoms with Gasteiger partial charge in [-0.1, -0.05) is 6.92 Å². The minimum Gasteiger partial charge on any atom is -0.393 e. The number of fused-ring (bicyclic) bond motifs is 1. The van der Waals surface area contributed by atoms with Crippen molar-refractivity contribution in [3.05, 3.63) is 0 Å². The van der Waals surface area contributed by atoms with Crippen LogP contribution in [0.25, 0.3) is 0 Å². The van der Waals surface area contributed by atoms with Crippen LogP contribution in [0.2, 0.25) is 0 Å². The molecule has 18 heavy (non-hydrogen) atoms. The van der Waals surface area contributed by atoms with E-state index in [4.69, 9.17) is 0 Å². The van der Waals surface area contributed by atoms with Gasteiger partial charge in [0.1, 0.15) is 0 Å². The lowest BCUT2D eigenvalue weighted by Gasteiger charge is -2.57.